The van der Waals surface area contributed by atoms with E-state index in [0.29, 0.717) is 38.6 Å². The fourth-order valence-corrected chi connectivity index (χ4v) is 5.73. The van der Waals surface area contributed by atoms with Gasteiger partial charge >= 0.3 is 5.97 Å². The number of fused-ring (bicyclic) bond motifs is 2. The molecule has 1 amide bonds. The molecule has 0 spiro atoms. The number of hydrogen-bond donors (Lipinski definition) is 1. The van der Waals surface area contributed by atoms with E-state index in [1.807, 2.05) is 0 Å². The molecule has 0 aliphatic heterocycles. The van der Waals surface area contributed by atoms with Gasteiger partial charge in [0, 0.05) is 27.4 Å². The second-order valence-electron chi connectivity index (χ2n) is 7.94. The van der Waals surface area contributed by atoms with E-state index in [4.69, 9.17) is 25.5 Å². The van der Waals surface area contributed by atoms with Gasteiger partial charge in [-0.05, 0) is 55.9 Å². The highest BCUT2D eigenvalue weighted by atomic mass is 35.5. The van der Waals surface area contributed by atoms with Gasteiger partial charge in [-0.25, -0.2) is 4.79 Å². The van der Waals surface area contributed by atoms with Gasteiger partial charge in [-0.1, -0.05) is 24.9 Å². The predicted molar refractivity (Wildman–Crippen MR) is 132 cm³/mol. The summed E-state index contributed by atoms with van der Waals surface area (Å²) in [7, 11) is 1.54. The van der Waals surface area contributed by atoms with Gasteiger partial charge in [-0.15, -0.1) is 11.3 Å². The Balaban J connectivity index is 1.57. The van der Waals surface area contributed by atoms with E-state index in [-0.39, 0.29) is 18.5 Å². The fraction of sp³-hybridized carbons (Fsp3) is 0.360. The predicted octanol–water partition coefficient (Wildman–Crippen LogP) is 6.50. The molecule has 0 fully saturated rings. The lowest BCUT2D eigenvalue weighted by Gasteiger charge is -2.20. The smallest absolute Gasteiger partial charge is 0.341 e. The number of amides is 1. The highest BCUT2D eigenvalue weighted by molar-refractivity contribution is 7.17. The number of ether oxygens (including phenoxy) is 2. The lowest BCUT2D eigenvalue weighted by Crippen LogP contribution is -2.16. The van der Waals surface area contributed by atoms with E-state index in [0.717, 1.165) is 41.5 Å². The quantitative estimate of drug-likeness (QED) is 0.304. The molecule has 1 aromatic carbocycles. The highest BCUT2D eigenvalue weighted by Gasteiger charge is 2.29. The van der Waals surface area contributed by atoms with Crippen LogP contribution >= 0.6 is 22.9 Å². The zero-order valence-electron chi connectivity index (χ0n) is 18.8. The molecular formula is C25H26ClNO5S. The molecule has 174 valence electrons. The molecule has 0 saturated heterocycles. The maximum atomic E-state index is 12.7. The second-order valence-corrected chi connectivity index (χ2v) is 9.48. The van der Waals surface area contributed by atoms with Gasteiger partial charge in [-0.2, -0.15) is 0 Å². The third kappa shape index (κ3) is 4.94. The number of hydrogen-bond acceptors (Lipinski definition) is 6. The SMILES string of the molecule is CCOC(=O)c1c(NC(=O)C=Cc2cc3cc(Cl)cc(OC)c3o2)sc2c1CCC(CC)C2. The molecule has 0 radical (unpaired) electrons. The Morgan fingerprint density at radius 3 is 2.85 bits per heavy atom. The summed E-state index contributed by atoms with van der Waals surface area (Å²) in [5, 5.41) is 4.74. The Morgan fingerprint density at radius 1 is 1.30 bits per heavy atom. The van der Waals surface area contributed by atoms with E-state index in [1.54, 1.807) is 38.3 Å². The van der Waals surface area contributed by atoms with Crippen LogP contribution in [0.25, 0.3) is 17.0 Å². The van der Waals surface area contributed by atoms with Crippen molar-refractivity contribution in [2.45, 2.75) is 39.5 Å². The number of thiophene rings is 1. The highest BCUT2D eigenvalue weighted by Crippen LogP contribution is 2.41. The number of furan rings is 1. The molecule has 1 aliphatic rings. The fourth-order valence-electron chi connectivity index (χ4n) is 4.16. The van der Waals surface area contributed by atoms with Crippen molar-refractivity contribution in [1.82, 2.24) is 0 Å². The van der Waals surface area contributed by atoms with E-state index < -0.39 is 0 Å². The molecule has 0 bridgehead atoms. The summed E-state index contributed by atoms with van der Waals surface area (Å²) in [5.41, 5.74) is 2.07. The summed E-state index contributed by atoms with van der Waals surface area (Å²) in [5.74, 6) is 0.883. The second kappa shape index (κ2) is 10.0. The Morgan fingerprint density at radius 2 is 2.12 bits per heavy atom. The van der Waals surface area contributed by atoms with Crippen LogP contribution in [0.15, 0.2) is 28.7 Å². The van der Waals surface area contributed by atoms with Crippen LogP contribution in [-0.4, -0.2) is 25.6 Å². The molecule has 2 heterocycles. The van der Waals surface area contributed by atoms with Crippen LogP contribution in [0.4, 0.5) is 5.00 Å². The molecule has 6 nitrogen and oxygen atoms in total. The van der Waals surface area contributed by atoms with Gasteiger partial charge in [0.05, 0.1) is 19.3 Å². The normalized spacial score (nSPS) is 15.6. The van der Waals surface area contributed by atoms with Crippen molar-refractivity contribution in [2.24, 2.45) is 5.92 Å². The summed E-state index contributed by atoms with van der Waals surface area (Å²) < 4.78 is 16.4. The van der Waals surface area contributed by atoms with Crippen molar-refractivity contribution in [2.75, 3.05) is 19.0 Å². The van der Waals surface area contributed by atoms with Crippen LogP contribution in [0, 0.1) is 5.92 Å². The zero-order valence-corrected chi connectivity index (χ0v) is 20.4. The molecule has 0 saturated carbocycles. The molecule has 1 unspecified atom stereocenters. The van der Waals surface area contributed by atoms with Gasteiger partial charge in [0.15, 0.2) is 11.3 Å². The Hall–Kier alpha value is -2.77. The number of methoxy groups -OCH3 is 1. The third-order valence-corrected chi connectivity index (χ3v) is 7.23. The monoisotopic (exact) mass is 487 g/mol. The van der Waals surface area contributed by atoms with Crippen molar-refractivity contribution >= 4 is 56.9 Å². The number of esters is 1. The van der Waals surface area contributed by atoms with Crippen LogP contribution in [0.1, 0.15) is 53.2 Å². The molecule has 1 N–H and O–H groups in total. The molecule has 1 aliphatic carbocycles. The molecule has 4 rings (SSSR count). The minimum atomic E-state index is -0.384. The Labute approximate surface area is 201 Å². The topological polar surface area (TPSA) is 77.8 Å². The molecule has 33 heavy (non-hydrogen) atoms. The average Bonchev–Trinajstić information content (AvgIpc) is 3.37. The van der Waals surface area contributed by atoms with Crippen molar-refractivity contribution in [3.05, 3.63) is 51.1 Å². The van der Waals surface area contributed by atoms with Crippen LogP contribution in [0.3, 0.4) is 0 Å². The van der Waals surface area contributed by atoms with Crippen LogP contribution in [-0.2, 0) is 22.4 Å². The van der Waals surface area contributed by atoms with Gasteiger partial charge in [-0.3, -0.25) is 4.79 Å². The van der Waals surface area contributed by atoms with Gasteiger partial charge < -0.3 is 19.2 Å². The summed E-state index contributed by atoms with van der Waals surface area (Å²) in [4.78, 5) is 26.6. The summed E-state index contributed by atoms with van der Waals surface area (Å²) >= 11 is 7.59. The Kier molecular flexibility index (Phi) is 7.10. The number of carbonyl (C=O) groups excluding carboxylic acids is 2. The number of anilines is 1. The number of benzene rings is 1. The molecule has 1 atom stereocenters. The molecule has 3 aromatic rings. The van der Waals surface area contributed by atoms with Crippen molar-refractivity contribution < 1.29 is 23.5 Å². The average molecular weight is 488 g/mol. The standard InChI is InChI=1S/C25H26ClNO5S/c1-4-14-6-8-18-20(10-14)33-24(22(18)25(29)31-5-2)27-21(28)9-7-17-12-15-11-16(26)13-19(30-3)23(15)32-17/h7,9,11-14H,4-6,8,10H2,1-3H3,(H,27,28). The largest absolute Gasteiger partial charge is 0.493 e. The van der Waals surface area contributed by atoms with E-state index in [9.17, 15) is 9.59 Å². The minimum absolute atomic E-state index is 0.286. The van der Waals surface area contributed by atoms with Crippen molar-refractivity contribution in [3.8, 4) is 5.75 Å². The zero-order chi connectivity index (χ0) is 23.5. The molecule has 2 aromatic heterocycles. The minimum Gasteiger partial charge on any atom is -0.493 e. The molecular weight excluding hydrogens is 462 g/mol. The summed E-state index contributed by atoms with van der Waals surface area (Å²) in [6, 6.07) is 5.23. The van der Waals surface area contributed by atoms with E-state index in [2.05, 4.69) is 12.2 Å². The van der Waals surface area contributed by atoms with Crippen LogP contribution in [0.2, 0.25) is 5.02 Å². The number of halogens is 1. The van der Waals surface area contributed by atoms with Crippen LogP contribution < -0.4 is 10.1 Å². The van der Waals surface area contributed by atoms with Crippen LogP contribution in [0.5, 0.6) is 5.75 Å². The Bertz CT molecular complexity index is 1230. The first-order valence-corrected chi connectivity index (χ1v) is 12.2. The van der Waals surface area contributed by atoms with Gasteiger partial charge in [0.2, 0.25) is 5.91 Å². The first kappa shape index (κ1) is 23.4. The number of carbonyl (C=O) groups is 2. The third-order valence-electron chi connectivity index (χ3n) is 5.85. The van der Waals surface area contributed by atoms with Crippen molar-refractivity contribution in [1.29, 1.82) is 0 Å². The lowest BCUT2D eigenvalue weighted by atomic mass is 9.85. The van der Waals surface area contributed by atoms with Crippen molar-refractivity contribution in [3.63, 3.8) is 0 Å². The first-order chi connectivity index (χ1) is 15.9. The van der Waals surface area contributed by atoms with Gasteiger partial charge in [0.25, 0.3) is 0 Å². The van der Waals surface area contributed by atoms with E-state index in [1.165, 1.54) is 17.4 Å². The van der Waals surface area contributed by atoms with E-state index >= 15 is 0 Å². The maximum Gasteiger partial charge on any atom is 0.341 e. The summed E-state index contributed by atoms with van der Waals surface area (Å²) in [6.07, 6.45) is 6.86. The first-order valence-electron chi connectivity index (χ1n) is 11.0. The molecule has 8 heteroatoms. The maximum absolute atomic E-state index is 12.7. The lowest BCUT2D eigenvalue weighted by molar-refractivity contribution is -0.111. The number of rotatable bonds is 7. The number of nitrogens with one attached hydrogen (secondary N) is 1. The van der Waals surface area contributed by atoms with Gasteiger partial charge in [0.1, 0.15) is 10.8 Å². The summed E-state index contributed by atoms with van der Waals surface area (Å²) in [6.45, 7) is 4.25.